The lowest BCUT2D eigenvalue weighted by molar-refractivity contribution is 0.288. The van der Waals surface area contributed by atoms with Crippen molar-refractivity contribution < 1.29 is 13.7 Å². The van der Waals surface area contributed by atoms with Gasteiger partial charge < -0.3 is 13.8 Å². The van der Waals surface area contributed by atoms with Crippen molar-refractivity contribution in [2.24, 2.45) is 0 Å². The second-order valence-corrected chi connectivity index (χ2v) is 8.81. The average molecular weight is 471 g/mol. The predicted octanol–water partition coefficient (Wildman–Crippen LogP) is 4.69. The van der Waals surface area contributed by atoms with E-state index in [0.29, 0.717) is 41.4 Å². The zero-order chi connectivity index (χ0) is 24.1. The van der Waals surface area contributed by atoms with Crippen LogP contribution in [0.1, 0.15) is 42.7 Å². The third kappa shape index (κ3) is 3.67. The van der Waals surface area contributed by atoms with Gasteiger partial charge in [0.1, 0.15) is 30.2 Å². The molecule has 1 aliphatic heterocycles. The molecule has 35 heavy (non-hydrogen) atoms. The molecule has 0 bridgehead atoms. The molecule has 4 heterocycles. The van der Waals surface area contributed by atoms with E-state index in [9.17, 15) is 4.39 Å². The van der Waals surface area contributed by atoms with E-state index in [1.54, 1.807) is 18.5 Å². The number of aryl methyl sites for hydroxylation is 1. The van der Waals surface area contributed by atoms with Crippen molar-refractivity contribution in [2.75, 3.05) is 0 Å². The van der Waals surface area contributed by atoms with Crippen LogP contribution in [0.3, 0.4) is 0 Å². The predicted molar refractivity (Wildman–Crippen MR) is 125 cm³/mol. The van der Waals surface area contributed by atoms with Gasteiger partial charge in [0, 0.05) is 17.5 Å². The molecule has 0 saturated heterocycles. The molecule has 1 aliphatic rings. The number of halogens is 1. The van der Waals surface area contributed by atoms with Crippen molar-refractivity contribution in [3.63, 3.8) is 0 Å². The molecule has 0 fully saturated rings. The summed E-state index contributed by atoms with van der Waals surface area (Å²) in [6.45, 7) is 6.57. The van der Waals surface area contributed by atoms with Gasteiger partial charge in [0.2, 0.25) is 11.7 Å². The topological polar surface area (TPSA) is 96.7 Å². The van der Waals surface area contributed by atoms with E-state index in [1.807, 2.05) is 42.0 Å². The van der Waals surface area contributed by atoms with Crippen LogP contribution in [0.4, 0.5) is 4.39 Å². The Bertz CT molecular complexity index is 1550. The Balaban J connectivity index is 1.46. The normalized spacial score (nSPS) is 12.3. The number of imidazole rings is 1. The van der Waals surface area contributed by atoms with Crippen LogP contribution in [0, 0.1) is 12.7 Å². The number of rotatable bonds is 5. The van der Waals surface area contributed by atoms with Crippen molar-refractivity contribution in [1.82, 2.24) is 34.5 Å². The van der Waals surface area contributed by atoms with E-state index in [1.165, 1.54) is 12.1 Å². The van der Waals surface area contributed by atoms with E-state index in [-0.39, 0.29) is 18.3 Å². The maximum absolute atomic E-state index is 13.6. The van der Waals surface area contributed by atoms with Crippen molar-refractivity contribution in [3.8, 4) is 34.3 Å². The minimum absolute atomic E-state index is 0.109. The summed E-state index contributed by atoms with van der Waals surface area (Å²) < 4.78 is 28.9. The lowest BCUT2D eigenvalue weighted by Crippen LogP contribution is -2.10. The van der Waals surface area contributed by atoms with E-state index < -0.39 is 0 Å². The Kier molecular flexibility index (Phi) is 4.94. The van der Waals surface area contributed by atoms with Crippen LogP contribution in [0.2, 0.25) is 0 Å². The van der Waals surface area contributed by atoms with Crippen molar-refractivity contribution in [1.29, 1.82) is 0 Å². The number of hydrogen-bond donors (Lipinski definition) is 0. The van der Waals surface area contributed by atoms with Crippen molar-refractivity contribution in [3.05, 3.63) is 77.6 Å². The lowest BCUT2D eigenvalue weighted by atomic mass is 10.1. The standard InChI is InChI=1S/C25H22FN7O2/c1-14(2)25-28-23(31-35-25)22-20-11-32-21(12-34-17-6-4-5-16(26)10-17)29-30-24(32)18-9-15(3)7-8-19(18)33(20)13-27-22/h4-10,13-14H,11-12H2,1-3H3. The van der Waals surface area contributed by atoms with Gasteiger partial charge in [-0.2, -0.15) is 4.98 Å². The van der Waals surface area contributed by atoms with Crippen molar-refractivity contribution >= 4 is 0 Å². The number of ether oxygens (including phenoxy) is 1. The third-order valence-corrected chi connectivity index (χ3v) is 5.97. The fourth-order valence-electron chi connectivity index (χ4n) is 4.19. The number of nitrogens with zero attached hydrogens (tertiary/aromatic N) is 7. The molecule has 0 unspecified atom stereocenters. The van der Waals surface area contributed by atoms with Gasteiger partial charge in [-0.25, -0.2) is 9.37 Å². The molecule has 2 aromatic carbocycles. The van der Waals surface area contributed by atoms with Gasteiger partial charge in [-0.05, 0) is 31.2 Å². The summed E-state index contributed by atoms with van der Waals surface area (Å²) in [6.07, 6.45) is 1.77. The molecule has 0 N–H and O–H groups in total. The molecule has 0 aliphatic carbocycles. The highest BCUT2D eigenvalue weighted by Gasteiger charge is 2.28. The summed E-state index contributed by atoms with van der Waals surface area (Å²) in [7, 11) is 0. The molecular formula is C25H22FN7O2. The minimum atomic E-state index is -0.360. The van der Waals surface area contributed by atoms with E-state index in [0.717, 1.165) is 22.5 Å². The Morgan fingerprint density at radius 2 is 2.03 bits per heavy atom. The Hall–Kier alpha value is -4.34. The first-order valence-electron chi connectivity index (χ1n) is 11.3. The van der Waals surface area contributed by atoms with Gasteiger partial charge in [-0.1, -0.05) is 36.7 Å². The summed E-state index contributed by atoms with van der Waals surface area (Å²) in [4.78, 5) is 9.20. The molecule has 5 aromatic rings. The Labute approximate surface area is 200 Å². The van der Waals surface area contributed by atoms with Crippen molar-refractivity contribution in [2.45, 2.75) is 39.8 Å². The molecule has 0 amide bonds. The number of aromatic nitrogens is 7. The van der Waals surface area contributed by atoms with Crippen LogP contribution >= 0.6 is 0 Å². The van der Waals surface area contributed by atoms with Gasteiger partial charge in [0.25, 0.3) is 0 Å². The number of fused-ring (bicyclic) bond motifs is 5. The second-order valence-electron chi connectivity index (χ2n) is 8.81. The van der Waals surface area contributed by atoms with E-state index in [2.05, 4.69) is 31.4 Å². The molecule has 0 radical (unpaired) electrons. The van der Waals surface area contributed by atoms with Crippen LogP contribution in [0.15, 0.2) is 53.3 Å². The molecule has 6 rings (SSSR count). The molecule has 176 valence electrons. The molecule has 3 aromatic heterocycles. The first kappa shape index (κ1) is 21.2. The zero-order valence-corrected chi connectivity index (χ0v) is 19.4. The number of benzene rings is 2. The highest BCUT2D eigenvalue weighted by atomic mass is 19.1. The maximum atomic E-state index is 13.6. The largest absolute Gasteiger partial charge is 0.486 e. The summed E-state index contributed by atoms with van der Waals surface area (Å²) in [5, 5.41) is 13.1. The van der Waals surface area contributed by atoms with Gasteiger partial charge in [0.15, 0.2) is 11.6 Å². The number of hydrogen-bond acceptors (Lipinski definition) is 7. The lowest BCUT2D eigenvalue weighted by Gasteiger charge is -2.10. The highest BCUT2D eigenvalue weighted by Crippen LogP contribution is 2.35. The second kappa shape index (κ2) is 8.15. The maximum Gasteiger partial charge on any atom is 0.229 e. The molecule has 0 atom stereocenters. The van der Waals surface area contributed by atoms with Crippen LogP contribution in [0.5, 0.6) is 5.75 Å². The fraction of sp³-hybridized carbons (Fsp3) is 0.240. The summed E-state index contributed by atoms with van der Waals surface area (Å²) >= 11 is 0. The first-order valence-corrected chi connectivity index (χ1v) is 11.3. The molecule has 9 nitrogen and oxygen atoms in total. The SMILES string of the molecule is Cc1ccc2c(c1)-c1nnc(COc3cccc(F)c3)n1Cc1c(-c3noc(C(C)C)n3)ncn1-2. The third-order valence-electron chi connectivity index (χ3n) is 5.97. The molecular weight excluding hydrogens is 449 g/mol. The minimum Gasteiger partial charge on any atom is -0.486 e. The highest BCUT2D eigenvalue weighted by molar-refractivity contribution is 5.71. The monoisotopic (exact) mass is 471 g/mol. The van der Waals surface area contributed by atoms with Crippen LogP contribution in [-0.4, -0.2) is 34.5 Å². The van der Waals surface area contributed by atoms with Crippen LogP contribution in [0.25, 0.3) is 28.6 Å². The van der Waals surface area contributed by atoms with E-state index in [4.69, 9.17) is 9.26 Å². The van der Waals surface area contributed by atoms with E-state index >= 15 is 0 Å². The van der Waals surface area contributed by atoms with Gasteiger partial charge in [-0.15, -0.1) is 10.2 Å². The Morgan fingerprint density at radius 3 is 2.83 bits per heavy atom. The smallest absolute Gasteiger partial charge is 0.229 e. The fourth-order valence-corrected chi connectivity index (χ4v) is 4.19. The molecule has 0 saturated carbocycles. The quantitative estimate of drug-likeness (QED) is 0.360. The van der Waals surface area contributed by atoms with Crippen LogP contribution in [-0.2, 0) is 13.2 Å². The first-order chi connectivity index (χ1) is 17.0. The van der Waals surface area contributed by atoms with Gasteiger partial charge >= 0.3 is 0 Å². The average Bonchev–Trinajstić information content (AvgIpc) is 3.55. The molecule has 10 heteroatoms. The van der Waals surface area contributed by atoms with Gasteiger partial charge in [0.05, 0.1) is 17.9 Å². The van der Waals surface area contributed by atoms with Crippen LogP contribution < -0.4 is 4.74 Å². The summed E-state index contributed by atoms with van der Waals surface area (Å²) in [6, 6.07) is 12.2. The van der Waals surface area contributed by atoms with Gasteiger partial charge in [-0.3, -0.25) is 4.57 Å². The summed E-state index contributed by atoms with van der Waals surface area (Å²) in [5.41, 5.74) is 4.45. The summed E-state index contributed by atoms with van der Waals surface area (Å²) in [5.74, 6) is 2.48. The zero-order valence-electron chi connectivity index (χ0n) is 19.4. The molecule has 0 spiro atoms. The Morgan fingerprint density at radius 1 is 1.14 bits per heavy atom.